The summed E-state index contributed by atoms with van der Waals surface area (Å²) < 4.78 is 0. The molecule has 0 aliphatic carbocycles. The summed E-state index contributed by atoms with van der Waals surface area (Å²) in [5.41, 5.74) is 1.17. The van der Waals surface area contributed by atoms with Gasteiger partial charge in [0.1, 0.15) is 0 Å². The Balaban J connectivity index is 3.27. The zero-order valence-corrected chi connectivity index (χ0v) is 9.52. The van der Waals surface area contributed by atoms with Crippen molar-refractivity contribution in [1.82, 2.24) is 10.6 Å². The Morgan fingerprint density at radius 2 is 1.86 bits per heavy atom. The van der Waals surface area contributed by atoms with E-state index in [-0.39, 0.29) is 11.9 Å². The highest BCUT2D eigenvalue weighted by Gasteiger charge is 2.01. The number of nitrogens with one attached hydrogen (secondary N) is 2. The van der Waals surface area contributed by atoms with Crippen molar-refractivity contribution in [3.8, 4) is 0 Å². The van der Waals surface area contributed by atoms with Gasteiger partial charge in [-0.25, -0.2) is 0 Å². The molecular weight excluding hydrogens is 176 g/mol. The van der Waals surface area contributed by atoms with Gasteiger partial charge in [-0.2, -0.15) is 0 Å². The Morgan fingerprint density at radius 3 is 2.36 bits per heavy atom. The van der Waals surface area contributed by atoms with Crippen molar-refractivity contribution in [3.63, 3.8) is 0 Å². The molecule has 0 bridgehead atoms. The summed E-state index contributed by atoms with van der Waals surface area (Å²) in [4.78, 5) is 11.2. The van der Waals surface area contributed by atoms with Crippen LogP contribution in [0.15, 0.2) is 12.2 Å². The van der Waals surface area contributed by atoms with Crippen LogP contribution in [0.2, 0.25) is 0 Å². The number of carbonyl (C=O) groups excluding carboxylic acids is 1. The molecule has 82 valence electrons. The van der Waals surface area contributed by atoms with E-state index in [1.54, 1.807) is 0 Å². The molecule has 0 fully saturated rings. The van der Waals surface area contributed by atoms with Crippen LogP contribution >= 0.6 is 0 Å². The van der Waals surface area contributed by atoms with Crippen molar-refractivity contribution < 1.29 is 4.79 Å². The van der Waals surface area contributed by atoms with Crippen LogP contribution in [0.4, 0.5) is 0 Å². The zero-order valence-electron chi connectivity index (χ0n) is 9.52. The minimum atomic E-state index is 0.114. The molecule has 0 aromatic heterocycles. The van der Waals surface area contributed by atoms with Crippen LogP contribution in [0, 0.1) is 0 Å². The molecule has 0 saturated heterocycles. The molecule has 3 heteroatoms. The second-order valence-corrected chi connectivity index (χ2v) is 3.93. The zero-order chi connectivity index (χ0) is 11.0. The Morgan fingerprint density at radius 1 is 1.29 bits per heavy atom. The first-order chi connectivity index (χ1) is 6.52. The molecule has 0 rings (SSSR count). The van der Waals surface area contributed by atoms with Crippen LogP contribution in [0.5, 0.6) is 0 Å². The quantitative estimate of drug-likeness (QED) is 0.480. The minimum absolute atomic E-state index is 0.114. The van der Waals surface area contributed by atoms with E-state index in [4.69, 9.17) is 0 Å². The van der Waals surface area contributed by atoms with Gasteiger partial charge in [0.25, 0.3) is 0 Å². The van der Waals surface area contributed by atoms with Crippen molar-refractivity contribution in [2.45, 2.75) is 39.7 Å². The molecule has 0 unspecified atom stereocenters. The van der Waals surface area contributed by atoms with Gasteiger partial charge >= 0.3 is 0 Å². The molecule has 0 aromatic rings. The molecule has 14 heavy (non-hydrogen) atoms. The van der Waals surface area contributed by atoms with E-state index in [1.807, 2.05) is 20.8 Å². The van der Waals surface area contributed by atoms with Crippen LogP contribution in [0.3, 0.4) is 0 Å². The second kappa shape index (κ2) is 7.56. The predicted octanol–water partition coefficient (Wildman–Crippen LogP) is 1.46. The highest BCUT2D eigenvalue weighted by molar-refractivity contribution is 5.76. The fourth-order valence-corrected chi connectivity index (χ4v) is 1.02. The average molecular weight is 198 g/mol. The number of hydrogen-bond donors (Lipinski definition) is 2. The van der Waals surface area contributed by atoms with Crippen molar-refractivity contribution in [2.75, 3.05) is 13.1 Å². The van der Waals surface area contributed by atoms with E-state index in [0.29, 0.717) is 6.42 Å². The smallest absolute Gasteiger partial charge is 0.221 e. The maximum absolute atomic E-state index is 11.2. The molecule has 0 spiro atoms. The summed E-state index contributed by atoms with van der Waals surface area (Å²) >= 11 is 0. The van der Waals surface area contributed by atoms with Gasteiger partial charge in [-0.05, 0) is 33.7 Å². The first kappa shape index (κ1) is 13.2. The normalized spacial score (nSPS) is 10.3. The van der Waals surface area contributed by atoms with Gasteiger partial charge in [-0.15, -0.1) is 6.58 Å². The highest BCUT2D eigenvalue weighted by Crippen LogP contribution is 1.91. The largest absolute Gasteiger partial charge is 0.354 e. The minimum Gasteiger partial charge on any atom is -0.354 e. The summed E-state index contributed by atoms with van der Waals surface area (Å²) in [7, 11) is 0. The third-order valence-electron chi connectivity index (χ3n) is 1.71. The standard InChI is InChI=1S/C11H22N2O/c1-9(2)5-7-12-8-6-11(14)13-10(3)4/h10,12H,1,5-8H2,2-4H3,(H,13,14). The summed E-state index contributed by atoms with van der Waals surface area (Å²) in [6, 6.07) is 0.234. The monoisotopic (exact) mass is 198 g/mol. The molecule has 0 aromatic carbocycles. The van der Waals surface area contributed by atoms with E-state index >= 15 is 0 Å². The molecule has 0 saturated carbocycles. The average Bonchev–Trinajstić information content (AvgIpc) is 2.01. The molecule has 3 nitrogen and oxygen atoms in total. The van der Waals surface area contributed by atoms with Gasteiger partial charge in [0.05, 0.1) is 0 Å². The fraction of sp³-hybridized carbons (Fsp3) is 0.727. The lowest BCUT2D eigenvalue weighted by Crippen LogP contribution is -2.32. The Labute approximate surface area is 87.0 Å². The van der Waals surface area contributed by atoms with Gasteiger partial charge in [0, 0.05) is 19.0 Å². The SMILES string of the molecule is C=C(C)CCNCCC(=O)NC(C)C. The predicted molar refractivity (Wildman–Crippen MR) is 60.2 cm³/mol. The van der Waals surface area contributed by atoms with E-state index in [2.05, 4.69) is 17.2 Å². The summed E-state index contributed by atoms with van der Waals surface area (Å²) in [6.07, 6.45) is 1.53. The summed E-state index contributed by atoms with van der Waals surface area (Å²) in [5.74, 6) is 0.114. The molecule has 0 heterocycles. The third-order valence-corrected chi connectivity index (χ3v) is 1.71. The number of carbonyl (C=O) groups is 1. The topological polar surface area (TPSA) is 41.1 Å². The van der Waals surface area contributed by atoms with Crippen molar-refractivity contribution >= 4 is 5.91 Å². The Kier molecular flexibility index (Phi) is 7.11. The van der Waals surface area contributed by atoms with Gasteiger partial charge in [-0.3, -0.25) is 4.79 Å². The number of rotatable bonds is 7. The molecule has 0 aliphatic rings. The van der Waals surface area contributed by atoms with Crippen LogP contribution in [-0.4, -0.2) is 25.0 Å². The molecule has 1 amide bonds. The molecular formula is C11H22N2O. The first-order valence-electron chi connectivity index (χ1n) is 5.17. The fourth-order valence-electron chi connectivity index (χ4n) is 1.02. The number of amides is 1. The summed E-state index contributed by atoms with van der Waals surface area (Å²) in [5, 5.41) is 6.05. The molecule has 0 radical (unpaired) electrons. The van der Waals surface area contributed by atoms with Crippen molar-refractivity contribution in [3.05, 3.63) is 12.2 Å². The van der Waals surface area contributed by atoms with Crippen LogP contribution in [0.1, 0.15) is 33.6 Å². The highest BCUT2D eigenvalue weighted by atomic mass is 16.1. The van der Waals surface area contributed by atoms with Gasteiger partial charge in [0.15, 0.2) is 0 Å². The van der Waals surface area contributed by atoms with E-state index in [0.717, 1.165) is 19.5 Å². The second-order valence-electron chi connectivity index (χ2n) is 3.93. The lowest BCUT2D eigenvalue weighted by molar-refractivity contribution is -0.121. The van der Waals surface area contributed by atoms with E-state index < -0.39 is 0 Å². The van der Waals surface area contributed by atoms with Gasteiger partial charge < -0.3 is 10.6 Å². The maximum atomic E-state index is 11.2. The number of hydrogen-bond acceptors (Lipinski definition) is 2. The van der Waals surface area contributed by atoms with Gasteiger partial charge in [-0.1, -0.05) is 5.57 Å². The van der Waals surface area contributed by atoms with Crippen molar-refractivity contribution in [1.29, 1.82) is 0 Å². The third kappa shape index (κ3) is 9.26. The summed E-state index contributed by atoms with van der Waals surface area (Å²) in [6.45, 7) is 11.4. The van der Waals surface area contributed by atoms with E-state index in [9.17, 15) is 4.79 Å². The lowest BCUT2D eigenvalue weighted by atomic mass is 10.2. The Bertz CT molecular complexity index is 188. The van der Waals surface area contributed by atoms with E-state index in [1.165, 1.54) is 5.57 Å². The van der Waals surface area contributed by atoms with Crippen LogP contribution in [-0.2, 0) is 4.79 Å². The van der Waals surface area contributed by atoms with Crippen LogP contribution in [0.25, 0.3) is 0 Å². The lowest BCUT2D eigenvalue weighted by Gasteiger charge is -2.08. The van der Waals surface area contributed by atoms with Gasteiger partial charge in [0.2, 0.25) is 5.91 Å². The molecule has 0 atom stereocenters. The van der Waals surface area contributed by atoms with Crippen LogP contribution < -0.4 is 10.6 Å². The van der Waals surface area contributed by atoms with Crippen molar-refractivity contribution in [2.24, 2.45) is 0 Å². The Hall–Kier alpha value is -0.830. The first-order valence-corrected chi connectivity index (χ1v) is 5.17. The molecule has 2 N–H and O–H groups in total. The molecule has 0 aliphatic heterocycles. The maximum Gasteiger partial charge on any atom is 0.221 e.